The standard InChI is InChI=1S/C14H18N4O/c1-17-5-7-18(8-6-17)10-13(19)12-4-2-3-11-9-15-16-14(11)12/h2-4,9H,5-8,10H2,1H3,(H,15,16). The highest BCUT2D eigenvalue weighted by atomic mass is 16.1. The van der Waals surface area contributed by atoms with E-state index < -0.39 is 0 Å². The van der Waals surface area contributed by atoms with Crippen LogP contribution in [0.3, 0.4) is 0 Å². The van der Waals surface area contributed by atoms with Gasteiger partial charge in [0.2, 0.25) is 0 Å². The number of Topliss-reactive ketones (excluding diaryl/α,β-unsaturated/α-hetero) is 1. The summed E-state index contributed by atoms with van der Waals surface area (Å²) in [5.74, 6) is 0.166. The number of likely N-dealkylation sites (N-methyl/N-ethyl adjacent to an activating group) is 1. The van der Waals surface area contributed by atoms with E-state index in [4.69, 9.17) is 0 Å². The summed E-state index contributed by atoms with van der Waals surface area (Å²) in [7, 11) is 2.12. The molecule has 2 heterocycles. The predicted molar refractivity (Wildman–Crippen MR) is 74.4 cm³/mol. The highest BCUT2D eigenvalue weighted by Gasteiger charge is 2.18. The van der Waals surface area contributed by atoms with Gasteiger partial charge in [-0.2, -0.15) is 5.10 Å². The van der Waals surface area contributed by atoms with Gasteiger partial charge in [0.15, 0.2) is 5.78 Å². The molecule has 0 atom stereocenters. The Balaban J connectivity index is 1.75. The number of piperazine rings is 1. The summed E-state index contributed by atoms with van der Waals surface area (Å²) in [6.07, 6.45) is 1.75. The first kappa shape index (κ1) is 12.3. The van der Waals surface area contributed by atoms with E-state index in [0.717, 1.165) is 42.6 Å². The molecule has 0 bridgehead atoms. The Kier molecular flexibility index (Phi) is 3.31. The van der Waals surface area contributed by atoms with Gasteiger partial charge in [-0.3, -0.25) is 14.8 Å². The number of H-pyrrole nitrogens is 1. The van der Waals surface area contributed by atoms with Crippen LogP contribution in [0.4, 0.5) is 0 Å². The lowest BCUT2D eigenvalue weighted by Gasteiger charge is -2.31. The number of hydrogen-bond acceptors (Lipinski definition) is 4. The van der Waals surface area contributed by atoms with E-state index in [1.165, 1.54) is 0 Å². The maximum atomic E-state index is 12.4. The lowest BCUT2D eigenvalue weighted by Crippen LogP contribution is -2.46. The SMILES string of the molecule is CN1CCN(CC(=O)c2cccc3cn[nH]c23)CC1. The first-order valence-corrected chi connectivity index (χ1v) is 6.60. The van der Waals surface area contributed by atoms with Gasteiger partial charge in [0.25, 0.3) is 0 Å². The first-order valence-electron chi connectivity index (χ1n) is 6.60. The van der Waals surface area contributed by atoms with Gasteiger partial charge in [0, 0.05) is 37.1 Å². The Morgan fingerprint density at radius 1 is 1.32 bits per heavy atom. The average Bonchev–Trinajstić information content (AvgIpc) is 2.89. The fourth-order valence-electron chi connectivity index (χ4n) is 2.50. The molecule has 1 aliphatic rings. The van der Waals surface area contributed by atoms with Crippen LogP contribution in [0.1, 0.15) is 10.4 Å². The molecule has 1 aliphatic heterocycles. The molecule has 1 aromatic heterocycles. The second kappa shape index (κ2) is 5.11. The Morgan fingerprint density at radius 2 is 2.11 bits per heavy atom. The Labute approximate surface area is 112 Å². The van der Waals surface area contributed by atoms with Crippen LogP contribution < -0.4 is 0 Å². The summed E-state index contributed by atoms with van der Waals surface area (Å²) in [5, 5.41) is 7.91. The molecule has 1 saturated heterocycles. The van der Waals surface area contributed by atoms with E-state index in [2.05, 4.69) is 27.0 Å². The van der Waals surface area contributed by atoms with Gasteiger partial charge in [-0.05, 0) is 13.1 Å². The zero-order chi connectivity index (χ0) is 13.2. The summed E-state index contributed by atoms with van der Waals surface area (Å²) >= 11 is 0. The monoisotopic (exact) mass is 258 g/mol. The van der Waals surface area contributed by atoms with E-state index in [9.17, 15) is 4.79 Å². The summed E-state index contributed by atoms with van der Waals surface area (Å²) in [6, 6.07) is 5.75. The lowest BCUT2D eigenvalue weighted by atomic mass is 10.1. The highest BCUT2D eigenvalue weighted by molar-refractivity contribution is 6.07. The minimum Gasteiger partial charge on any atom is -0.304 e. The molecular weight excluding hydrogens is 240 g/mol. The van der Waals surface area contributed by atoms with Gasteiger partial charge in [-0.25, -0.2) is 0 Å². The van der Waals surface area contributed by atoms with Crippen molar-refractivity contribution in [1.29, 1.82) is 0 Å². The molecule has 0 saturated carbocycles. The largest absolute Gasteiger partial charge is 0.304 e. The summed E-state index contributed by atoms with van der Waals surface area (Å²) < 4.78 is 0. The normalized spacial score (nSPS) is 17.9. The number of para-hydroxylation sites is 1. The van der Waals surface area contributed by atoms with Crippen molar-refractivity contribution in [2.24, 2.45) is 0 Å². The quantitative estimate of drug-likeness (QED) is 0.834. The summed E-state index contributed by atoms with van der Waals surface area (Å²) in [4.78, 5) is 16.9. The molecule has 2 aromatic rings. The molecule has 100 valence electrons. The van der Waals surface area contributed by atoms with Crippen molar-refractivity contribution in [3.63, 3.8) is 0 Å². The molecule has 1 aromatic carbocycles. The number of aromatic nitrogens is 2. The van der Waals surface area contributed by atoms with Crippen LogP contribution in [-0.4, -0.2) is 65.6 Å². The van der Waals surface area contributed by atoms with Crippen LogP contribution >= 0.6 is 0 Å². The molecular formula is C14H18N4O. The maximum Gasteiger partial charge on any atom is 0.178 e. The van der Waals surface area contributed by atoms with Crippen LogP contribution in [-0.2, 0) is 0 Å². The minimum absolute atomic E-state index is 0.166. The molecule has 5 heteroatoms. The van der Waals surface area contributed by atoms with Gasteiger partial charge in [0.1, 0.15) is 0 Å². The number of rotatable bonds is 3. The topological polar surface area (TPSA) is 52.2 Å². The number of benzene rings is 1. The molecule has 3 rings (SSSR count). The molecule has 0 unspecified atom stereocenters. The van der Waals surface area contributed by atoms with Gasteiger partial charge >= 0.3 is 0 Å². The predicted octanol–water partition coefficient (Wildman–Crippen LogP) is 0.993. The van der Waals surface area contributed by atoms with Crippen molar-refractivity contribution in [2.45, 2.75) is 0 Å². The Bertz CT molecular complexity index is 584. The summed E-state index contributed by atoms with van der Waals surface area (Å²) in [5.41, 5.74) is 1.59. The maximum absolute atomic E-state index is 12.4. The molecule has 0 radical (unpaired) electrons. The van der Waals surface area contributed by atoms with Crippen molar-refractivity contribution < 1.29 is 4.79 Å². The number of aromatic amines is 1. The molecule has 0 amide bonds. The Hall–Kier alpha value is -1.72. The molecule has 0 spiro atoms. The van der Waals surface area contributed by atoms with E-state index in [1.54, 1.807) is 6.20 Å². The van der Waals surface area contributed by atoms with Crippen LogP contribution in [0.15, 0.2) is 24.4 Å². The van der Waals surface area contributed by atoms with Crippen molar-refractivity contribution >= 4 is 16.7 Å². The van der Waals surface area contributed by atoms with Gasteiger partial charge in [-0.15, -0.1) is 0 Å². The zero-order valence-electron chi connectivity index (χ0n) is 11.1. The Morgan fingerprint density at radius 3 is 2.89 bits per heavy atom. The number of carbonyl (C=O) groups excluding carboxylic acids is 1. The van der Waals surface area contributed by atoms with E-state index in [1.807, 2.05) is 18.2 Å². The third kappa shape index (κ3) is 2.52. The van der Waals surface area contributed by atoms with Crippen LogP contribution in [0.2, 0.25) is 0 Å². The van der Waals surface area contributed by atoms with Crippen LogP contribution in [0.5, 0.6) is 0 Å². The van der Waals surface area contributed by atoms with Gasteiger partial charge in [-0.1, -0.05) is 12.1 Å². The number of hydrogen-bond donors (Lipinski definition) is 1. The number of fused-ring (bicyclic) bond motifs is 1. The molecule has 5 nitrogen and oxygen atoms in total. The minimum atomic E-state index is 0.166. The number of carbonyl (C=O) groups is 1. The molecule has 19 heavy (non-hydrogen) atoms. The van der Waals surface area contributed by atoms with Crippen molar-refractivity contribution in [2.75, 3.05) is 39.8 Å². The average molecular weight is 258 g/mol. The van der Waals surface area contributed by atoms with Crippen molar-refractivity contribution in [1.82, 2.24) is 20.0 Å². The number of nitrogens with one attached hydrogen (secondary N) is 1. The first-order chi connectivity index (χ1) is 9.24. The fraction of sp³-hybridized carbons (Fsp3) is 0.429. The zero-order valence-corrected chi connectivity index (χ0v) is 11.1. The molecule has 1 fully saturated rings. The highest BCUT2D eigenvalue weighted by Crippen LogP contribution is 2.16. The molecule has 0 aliphatic carbocycles. The van der Waals surface area contributed by atoms with Crippen LogP contribution in [0.25, 0.3) is 10.9 Å². The van der Waals surface area contributed by atoms with E-state index >= 15 is 0 Å². The van der Waals surface area contributed by atoms with Crippen LogP contribution in [0, 0.1) is 0 Å². The smallest absolute Gasteiger partial charge is 0.178 e. The number of ketones is 1. The van der Waals surface area contributed by atoms with Gasteiger partial charge in [0.05, 0.1) is 18.3 Å². The second-order valence-electron chi connectivity index (χ2n) is 5.14. The van der Waals surface area contributed by atoms with Crippen molar-refractivity contribution in [3.8, 4) is 0 Å². The fourth-order valence-corrected chi connectivity index (χ4v) is 2.50. The summed E-state index contributed by atoms with van der Waals surface area (Å²) in [6.45, 7) is 4.47. The van der Waals surface area contributed by atoms with Crippen molar-refractivity contribution in [3.05, 3.63) is 30.0 Å². The van der Waals surface area contributed by atoms with E-state index in [0.29, 0.717) is 6.54 Å². The van der Waals surface area contributed by atoms with E-state index in [-0.39, 0.29) is 5.78 Å². The third-order valence-electron chi connectivity index (χ3n) is 3.74. The molecule has 1 N–H and O–H groups in total. The second-order valence-corrected chi connectivity index (χ2v) is 5.14. The third-order valence-corrected chi connectivity index (χ3v) is 3.74. The van der Waals surface area contributed by atoms with Gasteiger partial charge < -0.3 is 4.90 Å². The number of nitrogens with zero attached hydrogens (tertiary/aromatic N) is 3. The lowest BCUT2D eigenvalue weighted by molar-refractivity contribution is 0.0878.